The number of benzene rings is 1. The van der Waals surface area contributed by atoms with Crippen LogP contribution in [0.2, 0.25) is 0 Å². The Balaban J connectivity index is 2.27. The number of rotatable bonds is 4. The molecular weight excluding hydrogens is 279 g/mol. The lowest BCUT2D eigenvalue weighted by Gasteiger charge is -2.29. The maximum Gasteiger partial charge on any atom is 0.243 e. The molecule has 20 heavy (non-hydrogen) atoms. The molecule has 6 heteroatoms. The molecule has 1 fully saturated rings. The van der Waals surface area contributed by atoms with Crippen molar-refractivity contribution in [3.05, 3.63) is 29.6 Å². The summed E-state index contributed by atoms with van der Waals surface area (Å²) in [6.07, 6.45) is 1.76. The molecule has 0 spiro atoms. The van der Waals surface area contributed by atoms with Crippen molar-refractivity contribution in [1.82, 2.24) is 9.62 Å². The smallest absolute Gasteiger partial charge is 0.243 e. The highest BCUT2D eigenvalue weighted by Crippen LogP contribution is 2.24. The molecule has 1 aliphatic heterocycles. The van der Waals surface area contributed by atoms with Crippen molar-refractivity contribution < 1.29 is 12.8 Å². The Labute approximate surface area is 120 Å². The zero-order chi connectivity index (χ0) is 14.8. The summed E-state index contributed by atoms with van der Waals surface area (Å²) < 4.78 is 40.2. The van der Waals surface area contributed by atoms with Gasteiger partial charge in [0.15, 0.2) is 0 Å². The zero-order valence-electron chi connectivity index (χ0n) is 11.9. The van der Waals surface area contributed by atoms with Crippen molar-refractivity contribution in [1.29, 1.82) is 0 Å². The topological polar surface area (TPSA) is 49.4 Å². The molecule has 1 N–H and O–H groups in total. The normalized spacial score (nSPS) is 18.4. The van der Waals surface area contributed by atoms with Crippen molar-refractivity contribution in [2.24, 2.45) is 5.92 Å². The second kappa shape index (κ2) is 6.20. The maximum atomic E-state index is 13.6. The number of sulfonamides is 1. The Hall–Kier alpha value is -0.980. The van der Waals surface area contributed by atoms with Gasteiger partial charge in [-0.25, -0.2) is 12.8 Å². The third kappa shape index (κ3) is 3.19. The van der Waals surface area contributed by atoms with Crippen LogP contribution in [0.5, 0.6) is 0 Å². The molecule has 112 valence electrons. The lowest BCUT2D eigenvalue weighted by Crippen LogP contribution is -2.37. The maximum absolute atomic E-state index is 13.6. The van der Waals surface area contributed by atoms with E-state index in [9.17, 15) is 12.8 Å². The average molecular weight is 300 g/mol. The largest absolute Gasteiger partial charge is 0.316 e. The van der Waals surface area contributed by atoms with Crippen LogP contribution in [0.15, 0.2) is 23.1 Å². The summed E-state index contributed by atoms with van der Waals surface area (Å²) in [6.45, 7) is 3.53. The zero-order valence-corrected chi connectivity index (χ0v) is 12.7. The van der Waals surface area contributed by atoms with E-state index in [1.54, 1.807) is 7.05 Å². The van der Waals surface area contributed by atoms with E-state index in [1.807, 2.05) is 0 Å². The van der Waals surface area contributed by atoms with Gasteiger partial charge in [0.25, 0.3) is 0 Å². The van der Waals surface area contributed by atoms with Crippen molar-refractivity contribution in [3.63, 3.8) is 0 Å². The molecule has 1 saturated heterocycles. The quantitative estimate of drug-likeness (QED) is 0.925. The number of hydrogen-bond donors (Lipinski definition) is 1. The Morgan fingerprint density at radius 1 is 1.35 bits per heavy atom. The molecule has 1 aromatic carbocycles. The summed E-state index contributed by atoms with van der Waals surface area (Å²) in [5, 5.41) is 2.84. The van der Waals surface area contributed by atoms with Gasteiger partial charge in [-0.2, -0.15) is 4.31 Å². The van der Waals surface area contributed by atoms with E-state index in [1.165, 1.54) is 22.5 Å². The minimum Gasteiger partial charge on any atom is -0.316 e. The third-order valence-electron chi connectivity index (χ3n) is 3.76. The van der Waals surface area contributed by atoms with Gasteiger partial charge >= 0.3 is 0 Å². The first kappa shape index (κ1) is 15.4. The van der Waals surface area contributed by atoms with E-state index in [0.717, 1.165) is 12.8 Å². The molecule has 0 bridgehead atoms. The van der Waals surface area contributed by atoms with Crippen LogP contribution in [0.4, 0.5) is 4.39 Å². The van der Waals surface area contributed by atoms with Crippen molar-refractivity contribution >= 4 is 10.0 Å². The fourth-order valence-electron chi connectivity index (χ4n) is 2.41. The Morgan fingerprint density at radius 3 is 2.60 bits per heavy atom. The van der Waals surface area contributed by atoms with Crippen LogP contribution in [0.1, 0.15) is 25.3 Å². The summed E-state index contributed by atoms with van der Waals surface area (Å²) in [4.78, 5) is 0.179. The SMILES string of the molecule is CNCc1cc(S(=O)(=O)N2CCC(C)CC2)ccc1F. The number of nitrogens with zero attached hydrogens (tertiary/aromatic N) is 1. The predicted octanol–water partition coefficient (Wildman–Crippen LogP) is 1.97. The summed E-state index contributed by atoms with van der Waals surface area (Å²) in [5.74, 6) is 0.181. The van der Waals surface area contributed by atoms with Crippen LogP contribution in [-0.2, 0) is 16.6 Å². The average Bonchev–Trinajstić information content (AvgIpc) is 2.42. The first-order valence-corrected chi connectivity index (χ1v) is 8.32. The molecule has 0 aromatic heterocycles. The molecule has 0 unspecified atom stereocenters. The fraction of sp³-hybridized carbons (Fsp3) is 0.571. The Kier molecular flexibility index (Phi) is 4.78. The van der Waals surface area contributed by atoms with Gasteiger partial charge in [0.2, 0.25) is 10.0 Å². The van der Waals surface area contributed by atoms with Gasteiger partial charge in [-0.3, -0.25) is 0 Å². The second-order valence-electron chi connectivity index (χ2n) is 5.37. The fourth-order valence-corrected chi connectivity index (χ4v) is 3.93. The van der Waals surface area contributed by atoms with Gasteiger partial charge in [-0.05, 0) is 44.0 Å². The monoisotopic (exact) mass is 300 g/mol. The van der Waals surface area contributed by atoms with Crippen molar-refractivity contribution in [2.75, 3.05) is 20.1 Å². The van der Waals surface area contributed by atoms with E-state index in [4.69, 9.17) is 0 Å². The molecule has 0 aliphatic carbocycles. The van der Waals surface area contributed by atoms with E-state index >= 15 is 0 Å². The van der Waals surface area contributed by atoms with Crippen LogP contribution in [-0.4, -0.2) is 32.9 Å². The van der Waals surface area contributed by atoms with Gasteiger partial charge in [0, 0.05) is 25.2 Å². The molecule has 4 nitrogen and oxygen atoms in total. The highest BCUT2D eigenvalue weighted by Gasteiger charge is 2.28. The number of piperidine rings is 1. The van der Waals surface area contributed by atoms with Crippen LogP contribution < -0.4 is 5.32 Å². The van der Waals surface area contributed by atoms with E-state index in [2.05, 4.69) is 12.2 Å². The van der Waals surface area contributed by atoms with Crippen LogP contribution in [0.3, 0.4) is 0 Å². The van der Waals surface area contributed by atoms with Gasteiger partial charge in [0.1, 0.15) is 5.82 Å². The highest BCUT2D eigenvalue weighted by atomic mass is 32.2. The van der Waals surface area contributed by atoms with Gasteiger partial charge in [0.05, 0.1) is 4.90 Å². The summed E-state index contributed by atoms with van der Waals surface area (Å²) in [6, 6.07) is 4.01. The van der Waals surface area contributed by atoms with E-state index < -0.39 is 10.0 Å². The molecule has 0 radical (unpaired) electrons. The molecule has 1 aliphatic rings. The van der Waals surface area contributed by atoms with Crippen LogP contribution in [0.25, 0.3) is 0 Å². The van der Waals surface area contributed by atoms with Crippen LogP contribution in [0, 0.1) is 11.7 Å². The standard InChI is InChI=1S/C14H21FN2O2S/c1-11-5-7-17(8-6-11)20(18,19)13-3-4-14(15)12(9-13)10-16-2/h3-4,9,11,16H,5-8,10H2,1-2H3. The second-order valence-corrected chi connectivity index (χ2v) is 7.31. The van der Waals surface area contributed by atoms with E-state index in [-0.39, 0.29) is 10.7 Å². The van der Waals surface area contributed by atoms with Crippen molar-refractivity contribution in [2.45, 2.75) is 31.2 Å². The first-order chi connectivity index (χ1) is 9.45. The lowest BCUT2D eigenvalue weighted by molar-refractivity contribution is 0.288. The summed E-state index contributed by atoms with van der Waals surface area (Å²) >= 11 is 0. The number of hydrogen-bond acceptors (Lipinski definition) is 3. The molecule has 1 aromatic rings. The molecule has 0 atom stereocenters. The molecular formula is C14H21FN2O2S. The molecule has 0 saturated carbocycles. The first-order valence-electron chi connectivity index (χ1n) is 6.88. The summed E-state index contributed by atoms with van der Waals surface area (Å²) in [7, 11) is -1.80. The van der Waals surface area contributed by atoms with Gasteiger partial charge < -0.3 is 5.32 Å². The molecule has 1 heterocycles. The number of nitrogens with one attached hydrogen (secondary N) is 1. The Bertz CT molecular complexity index is 567. The molecule has 2 rings (SSSR count). The van der Waals surface area contributed by atoms with Crippen molar-refractivity contribution in [3.8, 4) is 0 Å². The van der Waals surface area contributed by atoms with Gasteiger partial charge in [-0.1, -0.05) is 6.92 Å². The highest BCUT2D eigenvalue weighted by molar-refractivity contribution is 7.89. The lowest BCUT2D eigenvalue weighted by atomic mass is 10.0. The predicted molar refractivity (Wildman–Crippen MR) is 76.3 cm³/mol. The molecule has 0 amide bonds. The van der Waals surface area contributed by atoms with E-state index in [0.29, 0.717) is 31.1 Å². The Morgan fingerprint density at radius 2 is 2.00 bits per heavy atom. The minimum absolute atomic E-state index is 0.179. The van der Waals surface area contributed by atoms with Crippen LogP contribution >= 0.6 is 0 Å². The minimum atomic E-state index is -3.50. The van der Waals surface area contributed by atoms with Gasteiger partial charge in [-0.15, -0.1) is 0 Å². The number of halogens is 1. The third-order valence-corrected chi connectivity index (χ3v) is 5.66. The summed E-state index contributed by atoms with van der Waals surface area (Å²) in [5.41, 5.74) is 0.374.